The van der Waals surface area contributed by atoms with Crippen LogP contribution in [0.4, 0.5) is 0 Å². The molecule has 0 aliphatic carbocycles. The van der Waals surface area contributed by atoms with Gasteiger partial charge in [-0.1, -0.05) is 0 Å². The molecule has 1 atom stereocenters. The maximum atomic E-state index is 11.1. The Morgan fingerprint density at radius 2 is 2.27 bits per heavy atom. The SMILES string of the molecule is CS(=N)(=O)c1cccc[n+]1[O-]. The van der Waals surface area contributed by atoms with Crippen LogP contribution in [0.5, 0.6) is 0 Å². The van der Waals surface area contributed by atoms with E-state index in [1.165, 1.54) is 24.6 Å². The first-order valence-corrected chi connectivity index (χ1v) is 4.90. The molecule has 1 N–H and O–H groups in total. The van der Waals surface area contributed by atoms with Crippen LogP contribution >= 0.6 is 0 Å². The molecule has 0 radical (unpaired) electrons. The molecule has 1 unspecified atom stereocenters. The van der Waals surface area contributed by atoms with Crippen LogP contribution in [0.1, 0.15) is 0 Å². The summed E-state index contributed by atoms with van der Waals surface area (Å²) in [6, 6.07) is 4.51. The zero-order valence-electron chi connectivity index (χ0n) is 5.98. The molecule has 0 saturated carbocycles. The second-order valence-corrected chi connectivity index (χ2v) is 4.31. The second kappa shape index (κ2) is 2.50. The van der Waals surface area contributed by atoms with Gasteiger partial charge in [0.15, 0.2) is 6.20 Å². The number of rotatable bonds is 1. The van der Waals surface area contributed by atoms with Crippen LogP contribution in [0.25, 0.3) is 0 Å². The lowest BCUT2D eigenvalue weighted by molar-refractivity contribution is -0.646. The summed E-state index contributed by atoms with van der Waals surface area (Å²) in [5, 5.41) is 10.9. The molecule has 0 spiro atoms. The number of pyridine rings is 1. The van der Waals surface area contributed by atoms with Crippen molar-refractivity contribution in [1.29, 1.82) is 4.78 Å². The van der Waals surface area contributed by atoms with E-state index in [2.05, 4.69) is 0 Å². The molecule has 0 aromatic carbocycles. The quantitative estimate of drug-likeness (QED) is 0.490. The first kappa shape index (κ1) is 8.00. The Hall–Kier alpha value is -1.10. The summed E-state index contributed by atoms with van der Waals surface area (Å²) in [4.78, 5) is 0. The summed E-state index contributed by atoms with van der Waals surface area (Å²) in [7, 11) is -2.88. The second-order valence-electron chi connectivity index (χ2n) is 2.21. The van der Waals surface area contributed by atoms with E-state index in [9.17, 15) is 9.42 Å². The Labute approximate surface area is 65.0 Å². The highest BCUT2D eigenvalue weighted by Crippen LogP contribution is 2.00. The van der Waals surface area contributed by atoms with E-state index in [1.54, 1.807) is 6.07 Å². The van der Waals surface area contributed by atoms with Gasteiger partial charge in [-0.05, 0) is 6.07 Å². The molecule has 1 rings (SSSR count). The van der Waals surface area contributed by atoms with Gasteiger partial charge in [-0.2, -0.15) is 4.73 Å². The molecule has 4 nitrogen and oxygen atoms in total. The van der Waals surface area contributed by atoms with Crippen LogP contribution in [0.15, 0.2) is 29.4 Å². The molecule has 1 heterocycles. The van der Waals surface area contributed by atoms with Crippen molar-refractivity contribution >= 4 is 9.73 Å². The molecule has 0 aliphatic rings. The van der Waals surface area contributed by atoms with Crippen molar-refractivity contribution in [2.75, 3.05) is 6.26 Å². The number of hydrogen-bond acceptors (Lipinski definition) is 3. The van der Waals surface area contributed by atoms with E-state index in [1.807, 2.05) is 0 Å². The molecule has 0 fully saturated rings. The Morgan fingerprint density at radius 3 is 2.64 bits per heavy atom. The maximum Gasteiger partial charge on any atom is 0.289 e. The Balaban J connectivity index is 3.37. The van der Waals surface area contributed by atoms with Gasteiger partial charge in [-0.3, -0.25) is 0 Å². The van der Waals surface area contributed by atoms with E-state index >= 15 is 0 Å². The van der Waals surface area contributed by atoms with Crippen molar-refractivity contribution in [3.8, 4) is 0 Å². The van der Waals surface area contributed by atoms with Gasteiger partial charge in [0, 0.05) is 18.4 Å². The third-order valence-corrected chi connectivity index (χ3v) is 2.30. The Kier molecular flexibility index (Phi) is 1.82. The molecule has 60 valence electrons. The maximum absolute atomic E-state index is 11.1. The average Bonchev–Trinajstić information content (AvgIpc) is 1.86. The van der Waals surface area contributed by atoms with Crippen LogP contribution < -0.4 is 4.73 Å². The lowest BCUT2D eigenvalue weighted by Gasteiger charge is -2.01. The number of hydrogen-bond donors (Lipinski definition) is 1. The molecule has 1 aromatic rings. The van der Waals surface area contributed by atoms with E-state index < -0.39 is 9.73 Å². The van der Waals surface area contributed by atoms with Gasteiger partial charge in [-0.15, -0.1) is 0 Å². The van der Waals surface area contributed by atoms with Crippen LogP contribution in [-0.4, -0.2) is 10.5 Å². The summed E-state index contributed by atoms with van der Waals surface area (Å²) in [5.74, 6) is 0. The molecule has 0 aliphatic heterocycles. The van der Waals surface area contributed by atoms with Crippen molar-refractivity contribution in [3.63, 3.8) is 0 Å². The predicted molar refractivity (Wildman–Crippen MR) is 40.5 cm³/mol. The Bertz CT molecular complexity index is 359. The highest BCUT2D eigenvalue weighted by atomic mass is 32.2. The van der Waals surface area contributed by atoms with Crippen LogP contribution in [0.3, 0.4) is 0 Å². The summed E-state index contributed by atoms with van der Waals surface area (Å²) in [5.41, 5.74) is 0. The normalized spacial score (nSPS) is 15.7. The first-order valence-electron chi connectivity index (χ1n) is 2.94. The molecular weight excluding hydrogens is 164 g/mol. The fourth-order valence-electron chi connectivity index (χ4n) is 0.714. The minimum Gasteiger partial charge on any atom is -0.618 e. The summed E-state index contributed by atoms with van der Waals surface area (Å²) in [6.07, 6.45) is 2.45. The molecule has 0 amide bonds. The molecule has 5 heteroatoms. The number of nitrogens with one attached hydrogen (secondary N) is 1. The minimum absolute atomic E-state index is 0.000000000000000222. The van der Waals surface area contributed by atoms with Gasteiger partial charge >= 0.3 is 0 Å². The first-order chi connectivity index (χ1) is 5.02. The van der Waals surface area contributed by atoms with Gasteiger partial charge in [0.1, 0.15) is 9.73 Å². The molecule has 0 bridgehead atoms. The summed E-state index contributed by atoms with van der Waals surface area (Å²) >= 11 is 0. The summed E-state index contributed by atoms with van der Waals surface area (Å²) < 4.78 is 18.6. The molecular formula is C6H8N2O2S. The van der Waals surface area contributed by atoms with Crippen molar-refractivity contribution in [1.82, 2.24) is 0 Å². The monoisotopic (exact) mass is 172 g/mol. The van der Waals surface area contributed by atoms with Crippen LogP contribution in [0.2, 0.25) is 0 Å². The van der Waals surface area contributed by atoms with Crippen LogP contribution in [0, 0.1) is 9.99 Å². The van der Waals surface area contributed by atoms with Gasteiger partial charge in [0.05, 0.1) is 0 Å². The van der Waals surface area contributed by atoms with Crippen molar-refractivity contribution in [2.45, 2.75) is 5.03 Å². The topological polar surface area (TPSA) is 67.9 Å². The Morgan fingerprint density at radius 1 is 1.64 bits per heavy atom. The van der Waals surface area contributed by atoms with E-state index in [-0.39, 0.29) is 5.03 Å². The zero-order valence-corrected chi connectivity index (χ0v) is 6.80. The summed E-state index contributed by atoms with van der Waals surface area (Å²) in [6.45, 7) is 0. The number of nitrogens with zero attached hydrogens (tertiary/aromatic N) is 1. The third-order valence-electron chi connectivity index (χ3n) is 1.19. The lowest BCUT2D eigenvalue weighted by atomic mass is 10.5. The molecule has 0 saturated heterocycles. The molecule has 11 heavy (non-hydrogen) atoms. The highest BCUT2D eigenvalue weighted by molar-refractivity contribution is 7.91. The average molecular weight is 172 g/mol. The fraction of sp³-hybridized carbons (Fsp3) is 0.167. The van der Waals surface area contributed by atoms with Crippen LogP contribution in [-0.2, 0) is 9.73 Å². The van der Waals surface area contributed by atoms with E-state index in [4.69, 9.17) is 4.78 Å². The van der Waals surface area contributed by atoms with Gasteiger partial charge < -0.3 is 5.21 Å². The fourth-order valence-corrected chi connectivity index (χ4v) is 1.46. The van der Waals surface area contributed by atoms with Crippen molar-refractivity contribution in [2.24, 2.45) is 0 Å². The predicted octanol–water partition coefficient (Wildman–Crippen LogP) is 0.355. The number of aromatic nitrogens is 1. The largest absolute Gasteiger partial charge is 0.618 e. The lowest BCUT2D eigenvalue weighted by Crippen LogP contribution is -2.32. The van der Waals surface area contributed by atoms with Crippen molar-refractivity contribution in [3.05, 3.63) is 29.6 Å². The van der Waals surface area contributed by atoms with Crippen molar-refractivity contribution < 1.29 is 8.94 Å². The van der Waals surface area contributed by atoms with E-state index in [0.717, 1.165) is 0 Å². The van der Waals surface area contributed by atoms with Gasteiger partial charge in [-0.25, -0.2) is 8.99 Å². The highest BCUT2D eigenvalue weighted by Gasteiger charge is 2.11. The zero-order chi connectivity index (χ0) is 8.48. The standard InChI is InChI=1S/C6H8N2O2S/c1-11(7,10)6-4-2-3-5-8(6)9/h2-5,7H,1H3. The van der Waals surface area contributed by atoms with E-state index in [0.29, 0.717) is 4.73 Å². The minimum atomic E-state index is -2.88. The smallest absolute Gasteiger partial charge is 0.289 e. The third kappa shape index (κ3) is 1.68. The van der Waals surface area contributed by atoms with Gasteiger partial charge in [0.25, 0.3) is 5.03 Å². The molecule has 1 aromatic heterocycles. The van der Waals surface area contributed by atoms with Gasteiger partial charge in [0.2, 0.25) is 0 Å².